The topological polar surface area (TPSA) is 41.6 Å². The Morgan fingerprint density at radius 1 is 1.29 bits per heavy atom. The fourth-order valence-corrected chi connectivity index (χ4v) is 1.00. The summed E-state index contributed by atoms with van der Waals surface area (Å²) in [5.41, 5.74) is 6.38. The molecule has 3 nitrogen and oxygen atoms in total. The molecule has 14 heavy (non-hydrogen) atoms. The first kappa shape index (κ1) is 12.5. The smallest absolute Gasteiger partial charge is 0.106 e. The Morgan fingerprint density at radius 2 is 1.86 bits per heavy atom. The lowest BCUT2D eigenvalue weighted by Crippen LogP contribution is -2.11. The summed E-state index contributed by atoms with van der Waals surface area (Å²) in [7, 11) is 1.89. The van der Waals surface area contributed by atoms with Gasteiger partial charge in [-0.3, -0.25) is 5.01 Å². The van der Waals surface area contributed by atoms with Crippen LogP contribution in [0.1, 0.15) is 19.4 Å². The van der Waals surface area contributed by atoms with Gasteiger partial charge >= 0.3 is 0 Å². The van der Waals surface area contributed by atoms with Gasteiger partial charge in [-0.15, -0.1) is 0 Å². The van der Waals surface area contributed by atoms with Crippen molar-refractivity contribution >= 4 is 6.34 Å². The number of benzene rings is 1. The van der Waals surface area contributed by atoms with Crippen molar-refractivity contribution in [2.24, 2.45) is 10.8 Å². The van der Waals surface area contributed by atoms with E-state index in [-0.39, 0.29) is 0 Å². The van der Waals surface area contributed by atoms with Crippen LogP contribution in [0.5, 0.6) is 0 Å². The Balaban J connectivity index is 0.000000791. The van der Waals surface area contributed by atoms with Crippen molar-refractivity contribution in [3.05, 3.63) is 35.9 Å². The first-order valence-electron chi connectivity index (χ1n) is 4.82. The van der Waals surface area contributed by atoms with Crippen LogP contribution >= 0.6 is 0 Å². The van der Waals surface area contributed by atoms with Gasteiger partial charge in [-0.05, 0) is 5.56 Å². The molecule has 78 valence electrons. The summed E-state index contributed by atoms with van der Waals surface area (Å²) in [6.45, 7) is 4.79. The Hall–Kier alpha value is -1.51. The van der Waals surface area contributed by atoms with Gasteiger partial charge in [0.15, 0.2) is 0 Å². The molecule has 0 aromatic heterocycles. The maximum Gasteiger partial charge on any atom is 0.106 e. The lowest BCUT2D eigenvalue weighted by atomic mass is 10.2. The summed E-state index contributed by atoms with van der Waals surface area (Å²) in [5, 5.41) is 5.69. The van der Waals surface area contributed by atoms with Crippen LogP contribution in [0.25, 0.3) is 0 Å². The first-order valence-corrected chi connectivity index (χ1v) is 4.82. The van der Waals surface area contributed by atoms with Crippen molar-refractivity contribution < 1.29 is 0 Å². The molecule has 1 aromatic carbocycles. The van der Waals surface area contributed by atoms with Crippen molar-refractivity contribution in [1.82, 2.24) is 5.01 Å². The fourth-order valence-electron chi connectivity index (χ4n) is 1.00. The first-order chi connectivity index (χ1) is 6.83. The minimum atomic E-state index is 0.786. The molecule has 0 aliphatic rings. The normalized spacial score (nSPS) is 9.36. The van der Waals surface area contributed by atoms with E-state index in [1.807, 2.05) is 39.1 Å². The van der Waals surface area contributed by atoms with Gasteiger partial charge in [0.2, 0.25) is 0 Å². The molecule has 0 saturated heterocycles. The highest BCUT2D eigenvalue weighted by Crippen LogP contribution is 2.01. The van der Waals surface area contributed by atoms with Crippen LogP contribution in [0, 0.1) is 0 Å². The zero-order chi connectivity index (χ0) is 10.8. The van der Waals surface area contributed by atoms with Gasteiger partial charge in [-0.25, -0.2) is 0 Å². The largest absolute Gasteiger partial charge is 0.388 e. The highest BCUT2D eigenvalue weighted by Gasteiger charge is 1.93. The molecule has 0 heterocycles. The van der Waals surface area contributed by atoms with E-state index in [0.29, 0.717) is 0 Å². The third-order valence-corrected chi connectivity index (χ3v) is 1.52. The van der Waals surface area contributed by atoms with E-state index in [1.165, 1.54) is 11.9 Å². The maximum atomic E-state index is 5.15. The SMILES string of the molecule is CC.CN(Cc1ccccc1)/N=C\N. The Kier molecular flexibility index (Phi) is 7.23. The summed E-state index contributed by atoms with van der Waals surface area (Å²) >= 11 is 0. The summed E-state index contributed by atoms with van der Waals surface area (Å²) in [4.78, 5) is 0. The highest BCUT2D eigenvalue weighted by molar-refractivity contribution is 5.50. The van der Waals surface area contributed by atoms with Crippen LogP contribution in [0.2, 0.25) is 0 Å². The van der Waals surface area contributed by atoms with Gasteiger partial charge in [0, 0.05) is 7.05 Å². The van der Waals surface area contributed by atoms with Gasteiger partial charge in [-0.2, -0.15) is 5.10 Å². The summed E-state index contributed by atoms with van der Waals surface area (Å²) in [6, 6.07) is 10.1. The minimum Gasteiger partial charge on any atom is -0.388 e. The molecule has 1 aromatic rings. The summed E-state index contributed by atoms with van der Waals surface area (Å²) in [6.07, 6.45) is 1.29. The number of nitrogens with zero attached hydrogens (tertiary/aromatic N) is 2. The average molecular weight is 193 g/mol. The average Bonchev–Trinajstić information content (AvgIpc) is 2.22. The Bertz CT molecular complexity index is 244. The molecule has 0 saturated carbocycles. The van der Waals surface area contributed by atoms with Crippen LogP contribution in [0.3, 0.4) is 0 Å². The zero-order valence-corrected chi connectivity index (χ0v) is 9.14. The van der Waals surface area contributed by atoms with Crippen LogP contribution in [0.15, 0.2) is 35.4 Å². The summed E-state index contributed by atoms with van der Waals surface area (Å²) < 4.78 is 0. The van der Waals surface area contributed by atoms with E-state index in [1.54, 1.807) is 5.01 Å². The quantitative estimate of drug-likeness (QED) is 0.453. The van der Waals surface area contributed by atoms with Crippen molar-refractivity contribution in [3.63, 3.8) is 0 Å². The second-order valence-corrected chi connectivity index (χ2v) is 2.57. The molecule has 0 aliphatic carbocycles. The molecule has 0 atom stereocenters. The minimum absolute atomic E-state index is 0.786. The van der Waals surface area contributed by atoms with E-state index in [2.05, 4.69) is 17.2 Å². The predicted octanol–water partition coefficient (Wildman–Crippen LogP) is 2.05. The number of hydrogen-bond acceptors (Lipinski definition) is 2. The molecule has 0 radical (unpaired) electrons. The van der Waals surface area contributed by atoms with E-state index in [4.69, 9.17) is 5.73 Å². The molecule has 0 amide bonds. The molecular formula is C11H19N3. The van der Waals surface area contributed by atoms with Gasteiger partial charge in [-0.1, -0.05) is 44.2 Å². The summed E-state index contributed by atoms with van der Waals surface area (Å²) in [5.74, 6) is 0. The molecule has 0 fully saturated rings. The maximum absolute atomic E-state index is 5.15. The molecule has 1 rings (SSSR count). The molecule has 0 spiro atoms. The van der Waals surface area contributed by atoms with Gasteiger partial charge < -0.3 is 5.73 Å². The lowest BCUT2D eigenvalue weighted by Gasteiger charge is -2.11. The number of hydrogen-bond donors (Lipinski definition) is 1. The van der Waals surface area contributed by atoms with Crippen molar-refractivity contribution in [3.8, 4) is 0 Å². The molecule has 0 bridgehead atoms. The van der Waals surface area contributed by atoms with Crippen LogP contribution < -0.4 is 5.73 Å². The highest BCUT2D eigenvalue weighted by atomic mass is 15.4. The third-order valence-electron chi connectivity index (χ3n) is 1.52. The van der Waals surface area contributed by atoms with Crippen LogP contribution in [-0.2, 0) is 6.54 Å². The lowest BCUT2D eigenvalue weighted by molar-refractivity contribution is 0.348. The second-order valence-electron chi connectivity index (χ2n) is 2.57. The molecule has 3 heteroatoms. The Morgan fingerprint density at radius 3 is 2.36 bits per heavy atom. The van der Waals surface area contributed by atoms with Crippen molar-refractivity contribution in [2.75, 3.05) is 7.05 Å². The molecule has 2 N–H and O–H groups in total. The van der Waals surface area contributed by atoms with E-state index < -0.39 is 0 Å². The number of rotatable bonds is 3. The van der Waals surface area contributed by atoms with Gasteiger partial charge in [0.05, 0.1) is 6.54 Å². The zero-order valence-electron chi connectivity index (χ0n) is 9.14. The molecule has 0 aliphatic heterocycles. The van der Waals surface area contributed by atoms with Crippen LogP contribution in [-0.4, -0.2) is 18.4 Å². The monoisotopic (exact) mass is 193 g/mol. The molecule has 0 unspecified atom stereocenters. The standard InChI is InChI=1S/C9H13N3.C2H6/c1-12(11-8-10)7-9-5-3-2-4-6-9;1-2/h2-6,8H,7H2,1H3,(H2,10,11);1-2H3. The Labute approximate surface area is 86.2 Å². The van der Waals surface area contributed by atoms with E-state index >= 15 is 0 Å². The fraction of sp³-hybridized carbons (Fsp3) is 0.364. The van der Waals surface area contributed by atoms with Gasteiger partial charge in [0.25, 0.3) is 0 Å². The second kappa shape index (κ2) is 8.10. The van der Waals surface area contributed by atoms with E-state index in [0.717, 1.165) is 6.54 Å². The van der Waals surface area contributed by atoms with Crippen LogP contribution in [0.4, 0.5) is 0 Å². The predicted molar refractivity (Wildman–Crippen MR) is 61.9 cm³/mol. The van der Waals surface area contributed by atoms with Gasteiger partial charge in [0.1, 0.15) is 6.34 Å². The van der Waals surface area contributed by atoms with Crippen molar-refractivity contribution in [1.29, 1.82) is 0 Å². The number of hydrazone groups is 1. The molecular weight excluding hydrogens is 174 g/mol. The van der Waals surface area contributed by atoms with E-state index in [9.17, 15) is 0 Å². The third kappa shape index (κ3) is 5.19. The number of nitrogens with two attached hydrogens (primary N) is 1. The van der Waals surface area contributed by atoms with Crippen molar-refractivity contribution in [2.45, 2.75) is 20.4 Å².